The zero-order valence-electron chi connectivity index (χ0n) is 39.9. The Labute approximate surface area is 388 Å². The van der Waals surface area contributed by atoms with Crippen molar-refractivity contribution in [2.24, 2.45) is 0 Å². The van der Waals surface area contributed by atoms with Crippen molar-refractivity contribution in [1.82, 2.24) is 0 Å². The van der Waals surface area contributed by atoms with E-state index in [-0.39, 0.29) is 36.6 Å². The van der Waals surface area contributed by atoms with Crippen LogP contribution in [0.3, 0.4) is 0 Å². The Bertz CT molecular complexity index is 940. The minimum absolute atomic E-state index is 0. The molecule has 0 rings (SSSR count). The van der Waals surface area contributed by atoms with Gasteiger partial charge in [-0.3, -0.25) is 0 Å². The molecule has 61 heavy (non-hydrogen) atoms. The first-order valence-corrected chi connectivity index (χ1v) is 24.8. The largest absolute Gasteiger partial charge is 3.00 e. The maximum Gasteiger partial charge on any atom is 3.00 e. The van der Waals surface area contributed by atoms with Gasteiger partial charge < -0.3 is 29.7 Å². The predicted octanol–water partition coefficient (Wildman–Crippen LogP) is 13.3. The van der Waals surface area contributed by atoms with E-state index in [4.69, 9.17) is 0 Å². The molecule has 0 aromatic carbocycles. The molecule has 0 spiro atoms. The van der Waals surface area contributed by atoms with Crippen molar-refractivity contribution in [2.45, 2.75) is 252 Å². The smallest absolute Gasteiger partial charge is 0.550 e. The number of carbonyl (C=O) groups is 3. The van der Waals surface area contributed by atoms with Crippen molar-refractivity contribution in [2.75, 3.05) is 0 Å². The molecule has 0 radical (unpaired) electrons. The Morgan fingerprint density at radius 1 is 0.279 bits per heavy atom. The molecule has 0 heterocycles. The van der Waals surface area contributed by atoms with Crippen LogP contribution in [0.25, 0.3) is 0 Å². The molecule has 0 unspecified atom stereocenters. The van der Waals surface area contributed by atoms with Crippen molar-refractivity contribution in [3.05, 3.63) is 72.9 Å². The summed E-state index contributed by atoms with van der Waals surface area (Å²) >= 11 is 0. The molecule has 6 nitrogen and oxygen atoms in total. The third-order valence-electron chi connectivity index (χ3n) is 9.99. The van der Waals surface area contributed by atoms with Gasteiger partial charge in [0.25, 0.3) is 0 Å². The molecule has 7 heteroatoms. The summed E-state index contributed by atoms with van der Waals surface area (Å²) < 4.78 is 0. The number of aliphatic carboxylic acids is 3. The molecule has 0 atom stereocenters. The third kappa shape index (κ3) is 75.2. The molecule has 348 valence electrons. The topological polar surface area (TPSA) is 120 Å². The number of unbranched alkanes of at least 4 members (excludes halogenated alkanes) is 24. The second-order valence-corrected chi connectivity index (χ2v) is 16.1. The number of carboxylic acid groups (broad SMARTS) is 3. The molecule has 0 aliphatic heterocycles. The summed E-state index contributed by atoms with van der Waals surface area (Å²) in [6.45, 7) is 6.70. The summed E-state index contributed by atoms with van der Waals surface area (Å²) in [7, 11) is 0. The normalized spacial score (nSPS) is 11.5. The van der Waals surface area contributed by atoms with Gasteiger partial charge in [-0.2, -0.15) is 0 Å². The van der Waals surface area contributed by atoms with Crippen molar-refractivity contribution in [3.8, 4) is 0 Å². The summed E-state index contributed by atoms with van der Waals surface area (Å²) in [4.78, 5) is 30.6. The second kappa shape index (κ2) is 61.7. The van der Waals surface area contributed by atoms with Crippen LogP contribution in [-0.2, 0) is 14.4 Å². The van der Waals surface area contributed by atoms with Crippen molar-refractivity contribution >= 4 is 35.3 Å². The summed E-state index contributed by atoms with van der Waals surface area (Å²) in [6, 6.07) is 0. The average molecular weight is 865 g/mol. The minimum Gasteiger partial charge on any atom is -0.550 e. The molecule has 0 aliphatic carbocycles. The van der Waals surface area contributed by atoms with Crippen LogP contribution in [-0.4, -0.2) is 35.3 Å². The van der Waals surface area contributed by atoms with Crippen LogP contribution < -0.4 is 15.3 Å². The molecule has 0 aromatic rings. The number of rotatable bonds is 42. The molecule has 0 fully saturated rings. The van der Waals surface area contributed by atoms with Crippen LogP contribution in [0.2, 0.25) is 0 Å². The van der Waals surface area contributed by atoms with Gasteiger partial charge in [0, 0.05) is 17.9 Å². The Kier molecular flexibility index (Phi) is 65.7. The van der Waals surface area contributed by atoms with Gasteiger partial charge in [-0.25, -0.2) is 0 Å². The van der Waals surface area contributed by atoms with E-state index in [0.717, 1.165) is 96.3 Å². The Balaban J connectivity index is -0.000000396. The first-order chi connectivity index (χ1) is 29.3. The minimum atomic E-state index is -0.921. The van der Waals surface area contributed by atoms with Crippen LogP contribution in [0.1, 0.15) is 252 Å². The number of allylic oxidation sites excluding steroid dienone is 12. The molecule has 0 aliphatic rings. The Morgan fingerprint density at radius 3 is 0.656 bits per heavy atom. The molecule has 0 aromatic heterocycles. The molecule has 0 saturated heterocycles. The molecule has 0 N–H and O–H groups in total. The van der Waals surface area contributed by atoms with Crippen LogP contribution in [0.4, 0.5) is 0 Å². The van der Waals surface area contributed by atoms with Crippen LogP contribution in [0, 0.1) is 0 Å². The molecule has 0 amide bonds. The molecule has 0 saturated carbocycles. The van der Waals surface area contributed by atoms with Crippen molar-refractivity contribution in [1.29, 1.82) is 0 Å². The predicted molar refractivity (Wildman–Crippen MR) is 259 cm³/mol. The van der Waals surface area contributed by atoms with E-state index in [0.29, 0.717) is 0 Å². The van der Waals surface area contributed by atoms with Gasteiger partial charge in [0.15, 0.2) is 0 Å². The van der Waals surface area contributed by atoms with Crippen LogP contribution in [0.15, 0.2) is 72.9 Å². The van der Waals surface area contributed by atoms with E-state index in [1.165, 1.54) is 116 Å². The van der Waals surface area contributed by atoms with E-state index < -0.39 is 17.9 Å². The van der Waals surface area contributed by atoms with E-state index in [9.17, 15) is 29.7 Å². The fourth-order valence-electron chi connectivity index (χ4n) is 6.24. The maximum atomic E-state index is 10.2. The van der Waals surface area contributed by atoms with E-state index in [1.807, 2.05) is 0 Å². The number of hydrogen-bond donors (Lipinski definition) is 0. The SMILES string of the molecule is CCCCC/C=C/C/C=C/CCCCCCCC(=O)[O-].CCCCC/C=C/C/C=C/CCCCCCCC(=O)[O-].CCCCC/C=C/C/C=C/CCCCCCCC(=O)[O-].[Al+3]. The van der Waals surface area contributed by atoms with Crippen molar-refractivity contribution < 1.29 is 29.7 Å². The van der Waals surface area contributed by atoms with Gasteiger partial charge in [-0.15, -0.1) is 0 Å². The average Bonchev–Trinajstić information content (AvgIpc) is 3.22. The zero-order chi connectivity index (χ0) is 44.7. The first kappa shape index (κ1) is 65.0. The Hall–Kier alpha value is -2.62. The van der Waals surface area contributed by atoms with Gasteiger partial charge in [0.1, 0.15) is 0 Å². The van der Waals surface area contributed by atoms with E-state index >= 15 is 0 Å². The zero-order valence-corrected chi connectivity index (χ0v) is 41.1. The summed E-state index contributed by atoms with van der Waals surface area (Å²) in [5, 5.41) is 30.6. The second-order valence-electron chi connectivity index (χ2n) is 16.1. The summed E-state index contributed by atoms with van der Waals surface area (Å²) in [6.07, 6.45) is 65.8. The van der Waals surface area contributed by atoms with E-state index in [2.05, 4.69) is 93.7 Å². The number of hydrogen-bond acceptors (Lipinski definition) is 6. The molecule has 0 bridgehead atoms. The quantitative estimate of drug-likeness (QED) is 0.0342. The fourth-order valence-corrected chi connectivity index (χ4v) is 6.24. The van der Waals surface area contributed by atoms with Crippen LogP contribution >= 0.6 is 0 Å². The summed E-state index contributed by atoms with van der Waals surface area (Å²) in [5.74, 6) is -2.76. The summed E-state index contributed by atoms with van der Waals surface area (Å²) in [5.41, 5.74) is 0. The molecular weight excluding hydrogens is 772 g/mol. The van der Waals surface area contributed by atoms with Crippen LogP contribution in [0.5, 0.6) is 0 Å². The van der Waals surface area contributed by atoms with E-state index in [1.54, 1.807) is 0 Å². The standard InChI is InChI=1S/3C18H32O2.Al/c3*1-2-3-4-5-6-7-8-9-10-11-12-13-14-15-16-17-18(19)20;/h3*6-7,9-10H,2-5,8,11-17H2,1H3,(H,19,20);/q;;;+3/p-3/b3*7-6+,10-9+;. The number of carbonyl (C=O) groups excluding carboxylic acids is 3. The van der Waals surface area contributed by atoms with Gasteiger partial charge in [0.2, 0.25) is 0 Å². The van der Waals surface area contributed by atoms with Gasteiger partial charge in [-0.05, 0) is 135 Å². The first-order valence-electron chi connectivity index (χ1n) is 24.8. The van der Waals surface area contributed by atoms with Gasteiger partial charge in [-0.1, -0.05) is 190 Å². The molecular formula is C54H93AlO6. The maximum absolute atomic E-state index is 10.2. The van der Waals surface area contributed by atoms with Gasteiger partial charge in [0.05, 0.1) is 0 Å². The fraction of sp³-hybridized carbons (Fsp3) is 0.722. The van der Waals surface area contributed by atoms with Gasteiger partial charge >= 0.3 is 17.4 Å². The third-order valence-corrected chi connectivity index (χ3v) is 9.99. The monoisotopic (exact) mass is 865 g/mol. The Morgan fingerprint density at radius 2 is 0.459 bits per heavy atom. The van der Waals surface area contributed by atoms with Crippen molar-refractivity contribution in [3.63, 3.8) is 0 Å². The number of carboxylic acids is 3.